The third-order valence-electron chi connectivity index (χ3n) is 2.80. The normalized spacial score (nSPS) is 12.4. The Kier molecular flexibility index (Phi) is 7.46. The van der Waals surface area contributed by atoms with Gasteiger partial charge in [-0.1, -0.05) is 13.8 Å². The largest absolute Gasteiger partial charge is 0.434 e. The smallest absolute Gasteiger partial charge is 0.356 e. The molecule has 1 aromatic rings. The summed E-state index contributed by atoms with van der Waals surface area (Å²) in [6.07, 6.45) is -4.44. The predicted octanol–water partition coefficient (Wildman–Crippen LogP) is 1.94. The highest BCUT2D eigenvalue weighted by Crippen LogP contribution is 2.29. The monoisotopic (exact) mass is 365 g/mol. The lowest BCUT2D eigenvalue weighted by atomic mass is 10.2. The molecule has 0 aliphatic heterocycles. The second-order valence-electron chi connectivity index (χ2n) is 5.71. The number of rotatable bonds is 6. The van der Waals surface area contributed by atoms with Crippen molar-refractivity contribution >= 4 is 23.2 Å². The molecule has 1 amide bonds. The van der Waals surface area contributed by atoms with Gasteiger partial charge in [0.05, 0.1) is 6.54 Å². The molecule has 0 aliphatic rings. The molecule has 10 heteroatoms. The van der Waals surface area contributed by atoms with E-state index in [1.54, 1.807) is 14.1 Å². The average Bonchev–Trinajstić information content (AvgIpc) is 2.94. The zero-order valence-corrected chi connectivity index (χ0v) is 14.9. The number of carbonyl (C=O) groups is 1. The Bertz CT molecular complexity index is 569. The molecule has 0 fully saturated rings. The Balaban J connectivity index is 2.68. The fourth-order valence-corrected chi connectivity index (χ4v) is 2.19. The summed E-state index contributed by atoms with van der Waals surface area (Å²) in [5, 5.41) is 7.21. The minimum atomic E-state index is -4.44. The van der Waals surface area contributed by atoms with E-state index in [0.717, 1.165) is 16.7 Å². The molecule has 6 nitrogen and oxygen atoms in total. The van der Waals surface area contributed by atoms with Crippen LogP contribution in [0.25, 0.3) is 0 Å². The highest BCUT2D eigenvalue weighted by atomic mass is 32.1. The number of likely N-dealkylation sites (N-methyl/N-ethyl adjacent to an activating group) is 1. The zero-order valence-electron chi connectivity index (χ0n) is 14.1. The van der Waals surface area contributed by atoms with Crippen molar-refractivity contribution in [2.75, 3.05) is 27.2 Å². The van der Waals surface area contributed by atoms with Gasteiger partial charge in [0.25, 0.3) is 0 Å². The topological polar surface area (TPSA) is 69.6 Å². The number of amides is 1. The van der Waals surface area contributed by atoms with Gasteiger partial charge < -0.3 is 15.5 Å². The van der Waals surface area contributed by atoms with Crippen LogP contribution in [-0.4, -0.2) is 48.9 Å². The van der Waals surface area contributed by atoms with Crippen LogP contribution < -0.4 is 10.6 Å². The number of alkyl halides is 3. The van der Waals surface area contributed by atoms with Gasteiger partial charge in [-0.15, -0.1) is 11.3 Å². The fraction of sp³-hybridized carbons (Fsp3) is 0.643. The van der Waals surface area contributed by atoms with Crippen LogP contribution in [0.3, 0.4) is 0 Å². The second kappa shape index (κ2) is 8.86. The van der Waals surface area contributed by atoms with E-state index in [2.05, 4.69) is 20.6 Å². The van der Waals surface area contributed by atoms with Crippen molar-refractivity contribution in [3.8, 4) is 0 Å². The lowest BCUT2D eigenvalue weighted by molar-refractivity contribution is -0.140. The number of nitrogens with one attached hydrogen (secondary N) is 2. The predicted molar refractivity (Wildman–Crippen MR) is 87.8 cm³/mol. The number of hydrogen-bond acceptors (Lipinski definition) is 4. The fourth-order valence-electron chi connectivity index (χ4n) is 1.44. The van der Waals surface area contributed by atoms with Gasteiger partial charge >= 0.3 is 6.18 Å². The van der Waals surface area contributed by atoms with Crippen LogP contribution in [-0.2, 0) is 17.5 Å². The molecule has 0 atom stereocenters. The van der Waals surface area contributed by atoms with Crippen LogP contribution in [0.15, 0.2) is 10.4 Å². The molecule has 0 saturated carbocycles. The number of carbonyl (C=O) groups excluding carboxylic acids is 1. The van der Waals surface area contributed by atoms with Crippen molar-refractivity contribution in [2.45, 2.75) is 26.6 Å². The summed E-state index contributed by atoms with van der Waals surface area (Å²) in [5.41, 5.74) is -0.902. The number of thiazole rings is 1. The van der Waals surface area contributed by atoms with Gasteiger partial charge in [0.1, 0.15) is 11.6 Å². The standard InChI is InChI=1S/C14H22F3N5OS/c1-9(2)5-18-13(20-7-12(23)22(3)4)19-6-11-21-10(8-24-11)14(15,16)17/h8-9H,5-7H2,1-4H3,(H2,18,19,20). The molecular formula is C14H22F3N5OS. The SMILES string of the molecule is CC(C)CNC(=NCC(=O)N(C)C)NCc1nc(C(F)(F)F)cs1. The molecule has 0 spiro atoms. The van der Waals surface area contributed by atoms with Crippen LogP contribution in [0.2, 0.25) is 0 Å². The van der Waals surface area contributed by atoms with Crippen LogP contribution >= 0.6 is 11.3 Å². The Labute approximate surface area is 143 Å². The van der Waals surface area contributed by atoms with E-state index >= 15 is 0 Å². The summed E-state index contributed by atoms with van der Waals surface area (Å²) in [6, 6.07) is 0. The molecule has 1 aromatic heterocycles. The van der Waals surface area contributed by atoms with Gasteiger partial charge in [0.2, 0.25) is 5.91 Å². The maximum atomic E-state index is 12.5. The van der Waals surface area contributed by atoms with Gasteiger partial charge in [0.15, 0.2) is 11.7 Å². The van der Waals surface area contributed by atoms with Crippen molar-refractivity contribution in [3.63, 3.8) is 0 Å². The van der Waals surface area contributed by atoms with Crippen molar-refractivity contribution < 1.29 is 18.0 Å². The summed E-state index contributed by atoms with van der Waals surface area (Å²) in [4.78, 5) is 20.7. The summed E-state index contributed by atoms with van der Waals surface area (Å²) in [6.45, 7) is 4.68. The van der Waals surface area contributed by atoms with Crippen molar-refractivity contribution in [1.29, 1.82) is 0 Å². The molecule has 0 saturated heterocycles. The number of aromatic nitrogens is 1. The Morgan fingerprint density at radius 3 is 2.54 bits per heavy atom. The minimum absolute atomic E-state index is 0.0495. The summed E-state index contributed by atoms with van der Waals surface area (Å²) in [5.74, 6) is 0.537. The number of hydrogen-bond donors (Lipinski definition) is 2. The van der Waals surface area contributed by atoms with Crippen LogP contribution in [0.5, 0.6) is 0 Å². The molecule has 0 aliphatic carbocycles. The van der Waals surface area contributed by atoms with E-state index in [1.807, 2.05) is 13.8 Å². The summed E-state index contributed by atoms with van der Waals surface area (Å²) >= 11 is 0.921. The quantitative estimate of drug-likeness (QED) is 0.597. The van der Waals surface area contributed by atoms with E-state index in [9.17, 15) is 18.0 Å². The molecule has 0 aromatic carbocycles. The lowest BCUT2D eigenvalue weighted by Gasteiger charge is -2.14. The van der Waals surface area contributed by atoms with Crippen molar-refractivity contribution in [1.82, 2.24) is 20.5 Å². The molecular weight excluding hydrogens is 343 g/mol. The second-order valence-corrected chi connectivity index (χ2v) is 6.65. The van der Waals surface area contributed by atoms with Gasteiger partial charge in [-0.3, -0.25) is 4.79 Å². The molecule has 136 valence electrons. The molecule has 24 heavy (non-hydrogen) atoms. The first kappa shape index (κ1) is 20.2. The number of guanidine groups is 1. The van der Waals surface area contributed by atoms with E-state index < -0.39 is 11.9 Å². The zero-order chi connectivity index (χ0) is 18.3. The molecule has 0 bridgehead atoms. The van der Waals surface area contributed by atoms with Crippen molar-refractivity contribution in [2.24, 2.45) is 10.9 Å². The Morgan fingerprint density at radius 1 is 1.38 bits per heavy atom. The molecule has 0 unspecified atom stereocenters. The third kappa shape index (κ3) is 7.16. The maximum Gasteiger partial charge on any atom is 0.434 e. The van der Waals surface area contributed by atoms with Crippen LogP contribution in [0, 0.1) is 5.92 Å². The highest BCUT2D eigenvalue weighted by Gasteiger charge is 2.33. The minimum Gasteiger partial charge on any atom is -0.356 e. The first-order valence-electron chi connectivity index (χ1n) is 7.33. The Morgan fingerprint density at radius 2 is 2.04 bits per heavy atom. The first-order chi connectivity index (χ1) is 11.1. The lowest BCUT2D eigenvalue weighted by Crippen LogP contribution is -2.39. The maximum absolute atomic E-state index is 12.5. The first-order valence-corrected chi connectivity index (χ1v) is 8.21. The average molecular weight is 365 g/mol. The van der Waals surface area contributed by atoms with Gasteiger partial charge in [-0.05, 0) is 5.92 Å². The number of halogens is 3. The van der Waals surface area contributed by atoms with E-state index in [4.69, 9.17) is 0 Å². The third-order valence-corrected chi connectivity index (χ3v) is 3.65. The van der Waals surface area contributed by atoms with E-state index in [0.29, 0.717) is 23.4 Å². The number of aliphatic imine (C=N–C) groups is 1. The summed E-state index contributed by atoms with van der Waals surface area (Å²) < 4.78 is 37.6. The van der Waals surface area contributed by atoms with Gasteiger partial charge in [-0.2, -0.15) is 13.2 Å². The molecule has 2 N–H and O–H groups in total. The van der Waals surface area contributed by atoms with Crippen LogP contribution in [0.1, 0.15) is 24.5 Å². The van der Waals surface area contributed by atoms with Gasteiger partial charge in [0, 0.05) is 26.0 Å². The van der Waals surface area contributed by atoms with Crippen LogP contribution in [0.4, 0.5) is 13.2 Å². The molecule has 1 rings (SSSR count). The van der Waals surface area contributed by atoms with E-state index in [1.165, 1.54) is 4.90 Å². The Hall–Kier alpha value is -1.84. The molecule has 0 radical (unpaired) electrons. The highest BCUT2D eigenvalue weighted by molar-refractivity contribution is 7.09. The summed E-state index contributed by atoms with van der Waals surface area (Å²) in [7, 11) is 3.25. The van der Waals surface area contributed by atoms with Gasteiger partial charge in [-0.25, -0.2) is 9.98 Å². The van der Waals surface area contributed by atoms with E-state index in [-0.39, 0.29) is 19.0 Å². The molecule has 1 heterocycles. The van der Waals surface area contributed by atoms with Crippen molar-refractivity contribution in [3.05, 3.63) is 16.1 Å². The number of nitrogens with zero attached hydrogens (tertiary/aromatic N) is 3.